The molecule has 0 bridgehead atoms. The largest absolute Gasteiger partial charge is 0.492 e. The monoisotopic (exact) mass is 241 g/mol. The van der Waals surface area contributed by atoms with E-state index in [0.717, 1.165) is 23.4 Å². The normalized spacial score (nSPS) is 10.0. The van der Waals surface area contributed by atoms with Gasteiger partial charge in [0.1, 0.15) is 12.4 Å². The third-order valence-corrected chi connectivity index (χ3v) is 2.56. The molecule has 0 spiro atoms. The highest BCUT2D eigenvalue weighted by molar-refractivity contribution is 5.28. The van der Waals surface area contributed by atoms with Gasteiger partial charge in [0, 0.05) is 6.20 Å². The van der Waals surface area contributed by atoms with Crippen molar-refractivity contribution in [1.82, 2.24) is 9.78 Å². The van der Waals surface area contributed by atoms with E-state index in [1.807, 2.05) is 48.3 Å². The van der Waals surface area contributed by atoms with E-state index in [1.54, 1.807) is 0 Å². The molecule has 1 heterocycles. The Morgan fingerprint density at radius 3 is 2.72 bits per heavy atom. The van der Waals surface area contributed by atoms with Crippen molar-refractivity contribution in [3.8, 4) is 11.8 Å². The van der Waals surface area contributed by atoms with Crippen LogP contribution >= 0.6 is 0 Å². The summed E-state index contributed by atoms with van der Waals surface area (Å²) < 4.78 is 7.47. The lowest BCUT2D eigenvalue weighted by atomic mass is 10.2. The first-order valence-corrected chi connectivity index (χ1v) is 5.85. The van der Waals surface area contributed by atoms with Gasteiger partial charge in [0.2, 0.25) is 0 Å². The molecular weight excluding hydrogens is 226 g/mol. The number of nitrogens with zero attached hydrogens (tertiary/aromatic N) is 3. The molecule has 0 aliphatic rings. The molecule has 0 fully saturated rings. The minimum atomic E-state index is 0.437. The number of aryl methyl sites for hydroxylation is 1. The summed E-state index contributed by atoms with van der Waals surface area (Å²) >= 11 is 0. The van der Waals surface area contributed by atoms with E-state index in [2.05, 4.69) is 11.2 Å². The molecule has 2 rings (SSSR count). The van der Waals surface area contributed by atoms with Gasteiger partial charge in [0.05, 0.1) is 25.2 Å². The van der Waals surface area contributed by atoms with E-state index in [-0.39, 0.29) is 0 Å². The van der Waals surface area contributed by atoms with Crippen molar-refractivity contribution in [3.05, 3.63) is 47.8 Å². The van der Waals surface area contributed by atoms with Crippen molar-refractivity contribution >= 4 is 0 Å². The summed E-state index contributed by atoms with van der Waals surface area (Å²) in [7, 11) is 0. The lowest BCUT2D eigenvalue weighted by Gasteiger charge is -2.06. The Morgan fingerprint density at radius 2 is 2.11 bits per heavy atom. The number of hydrogen-bond acceptors (Lipinski definition) is 3. The van der Waals surface area contributed by atoms with Crippen molar-refractivity contribution in [2.75, 3.05) is 6.61 Å². The second-order valence-corrected chi connectivity index (χ2v) is 4.11. The second-order valence-electron chi connectivity index (χ2n) is 4.11. The SMILES string of the molecule is Cc1cnn(CCOc2ccc(CC#N)cc2)c1. The number of rotatable bonds is 5. The number of nitriles is 1. The summed E-state index contributed by atoms with van der Waals surface area (Å²) in [5.74, 6) is 0.820. The zero-order chi connectivity index (χ0) is 12.8. The van der Waals surface area contributed by atoms with E-state index in [4.69, 9.17) is 10.00 Å². The van der Waals surface area contributed by atoms with Crippen LogP contribution in [0.5, 0.6) is 5.75 Å². The van der Waals surface area contributed by atoms with E-state index in [0.29, 0.717) is 13.0 Å². The second kappa shape index (κ2) is 5.87. The van der Waals surface area contributed by atoms with Crippen LogP contribution in [0.1, 0.15) is 11.1 Å². The molecule has 0 saturated carbocycles. The van der Waals surface area contributed by atoms with Gasteiger partial charge in [-0.05, 0) is 30.2 Å². The topological polar surface area (TPSA) is 50.8 Å². The van der Waals surface area contributed by atoms with Gasteiger partial charge in [0.25, 0.3) is 0 Å². The third kappa shape index (κ3) is 3.36. The molecule has 0 saturated heterocycles. The molecule has 0 amide bonds. The summed E-state index contributed by atoms with van der Waals surface area (Å²) in [6, 6.07) is 9.72. The van der Waals surface area contributed by atoms with Crippen molar-refractivity contribution in [2.45, 2.75) is 19.9 Å². The molecule has 0 unspecified atom stereocenters. The highest BCUT2D eigenvalue weighted by Gasteiger charge is 1.97. The third-order valence-electron chi connectivity index (χ3n) is 2.56. The van der Waals surface area contributed by atoms with Crippen LogP contribution in [-0.4, -0.2) is 16.4 Å². The van der Waals surface area contributed by atoms with E-state index in [1.165, 1.54) is 0 Å². The molecule has 0 N–H and O–H groups in total. The first kappa shape index (κ1) is 12.2. The predicted octanol–water partition coefficient (Wildman–Crippen LogP) is 2.34. The summed E-state index contributed by atoms with van der Waals surface area (Å²) in [5.41, 5.74) is 2.16. The maximum atomic E-state index is 8.57. The lowest BCUT2D eigenvalue weighted by Crippen LogP contribution is -2.08. The van der Waals surface area contributed by atoms with Gasteiger partial charge >= 0.3 is 0 Å². The van der Waals surface area contributed by atoms with Crippen LogP contribution < -0.4 is 4.74 Å². The number of benzene rings is 1. The van der Waals surface area contributed by atoms with E-state index in [9.17, 15) is 0 Å². The predicted molar refractivity (Wildman–Crippen MR) is 68.2 cm³/mol. The molecule has 0 radical (unpaired) electrons. The molecule has 0 aliphatic heterocycles. The fourth-order valence-corrected chi connectivity index (χ4v) is 1.64. The molecule has 4 heteroatoms. The van der Waals surface area contributed by atoms with Crippen LogP contribution in [0, 0.1) is 18.3 Å². The molecular formula is C14H15N3O. The Balaban J connectivity index is 1.81. The van der Waals surface area contributed by atoms with Gasteiger partial charge in [-0.2, -0.15) is 10.4 Å². The zero-order valence-electron chi connectivity index (χ0n) is 10.3. The highest BCUT2D eigenvalue weighted by atomic mass is 16.5. The first-order valence-electron chi connectivity index (χ1n) is 5.85. The Bertz CT molecular complexity index is 537. The molecule has 0 atom stereocenters. The number of aromatic nitrogens is 2. The molecule has 4 nitrogen and oxygen atoms in total. The minimum Gasteiger partial charge on any atom is -0.492 e. The van der Waals surface area contributed by atoms with Crippen LogP contribution in [-0.2, 0) is 13.0 Å². The van der Waals surface area contributed by atoms with Crippen molar-refractivity contribution in [3.63, 3.8) is 0 Å². The summed E-state index contributed by atoms with van der Waals surface area (Å²) in [6.07, 6.45) is 4.25. The van der Waals surface area contributed by atoms with Crippen molar-refractivity contribution in [1.29, 1.82) is 5.26 Å². The van der Waals surface area contributed by atoms with Crippen LogP contribution in [0.4, 0.5) is 0 Å². The Labute approximate surface area is 106 Å². The number of ether oxygens (including phenoxy) is 1. The Hall–Kier alpha value is -2.28. The minimum absolute atomic E-state index is 0.437. The van der Waals surface area contributed by atoms with Gasteiger partial charge in [-0.25, -0.2) is 0 Å². The zero-order valence-corrected chi connectivity index (χ0v) is 10.3. The highest BCUT2D eigenvalue weighted by Crippen LogP contribution is 2.12. The van der Waals surface area contributed by atoms with Gasteiger partial charge in [-0.1, -0.05) is 12.1 Å². The van der Waals surface area contributed by atoms with Gasteiger partial charge in [-0.15, -0.1) is 0 Å². The van der Waals surface area contributed by atoms with Gasteiger partial charge in [0.15, 0.2) is 0 Å². The smallest absolute Gasteiger partial charge is 0.119 e. The van der Waals surface area contributed by atoms with Crippen LogP contribution in [0.25, 0.3) is 0 Å². The molecule has 92 valence electrons. The summed E-state index contributed by atoms with van der Waals surface area (Å²) in [6.45, 7) is 3.32. The molecule has 0 aliphatic carbocycles. The van der Waals surface area contributed by atoms with Crippen molar-refractivity contribution in [2.24, 2.45) is 0 Å². The molecule has 1 aromatic carbocycles. The average molecular weight is 241 g/mol. The van der Waals surface area contributed by atoms with Crippen LogP contribution in [0.3, 0.4) is 0 Å². The Kier molecular flexibility index (Phi) is 3.98. The molecule has 18 heavy (non-hydrogen) atoms. The van der Waals surface area contributed by atoms with Crippen molar-refractivity contribution < 1.29 is 4.74 Å². The van der Waals surface area contributed by atoms with E-state index >= 15 is 0 Å². The quantitative estimate of drug-likeness (QED) is 0.807. The fraction of sp³-hybridized carbons (Fsp3) is 0.286. The lowest BCUT2D eigenvalue weighted by molar-refractivity contribution is 0.291. The first-order chi connectivity index (χ1) is 8.78. The van der Waals surface area contributed by atoms with Crippen LogP contribution in [0.2, 0.25) is 0 Å². The maximum Gasteiger partial charge on any atom is 0.119 e. The number of hydrogen-bond donors (Lipinski definition) is 0. The van der Waals surface area contributed by atoms with Crippen LogP contribution in [0.15, 0.2) is 36.7 Å². The van der Waals surface area contributed by atoms with Gasteiger partial charge < -0.3 is 4.74 Å². The van der Waals surface area contributed by atoms with Gasteiger partial charge in [-0.3, -0.25) is 4.68 Å². The maximum absolute atomic E-state index is 8.57. The fourth-order valence-electron chi connectivity index (χ4n) is 1.64. The Morgan fingerprint density at radius 1 is 1.33 bits per heavy atom. The van der Waals surface area contributed by atoms with E-state index < -0.39 is 0 Å². The summed E-state index contributed by atoms with van der Waals surface area (Å²) in [4.78, 5) is 0. The summed E-state index contributed by atoms with van der Waals surface area (Å²) in [5, 5.41) is 12.8. The average Bonchev–Trinajstić information content (AvgIpc) is 2.78. The molecule has 2 aromatic rings. The standard InChI is InChI=1S/C14H15N3O/c1-12-10-16-17(11-12)8-9-18-14-4-2-13(3-5-14)6-7-15/h2-5,10-11H,6,8-9H2,1H3. The molecule has 1 aromatic heterocycles.